The predicted molar refractivity (Wildman–Crippen MR) is 140 cm³/mol. The van der Waals surface area contributed by atoms with E-state index in [4.69, 9.17) is 0 Å². The smallest absolute Gasteiger partial charge is 0 e. The van der Waals surface area contributed by atoms with Gasteiger partial charge in [-0.15, -0.1) is 0 Å². The van der Waals surface area contributed by atoms with Crippen LogP contribution < -0.4 is 0 Å². The van der Waals surface area contributed by atoms with Crippen molar-refractivity contribution in [3.05, 3.63) is 0 Å². The van der Waals surface area contributed by atoms with E-state index >= 15 is 0 Å². The Morgan fingerprint density at radius 2 is 0.125 bits per heavy atom. The third-order valence-electron chi connectivity index (χ3n) is 0. The topological polar surface area (TPSA) is 0 Å². The fraction of sp³-hybridized carbons (Fsp3) is 1.00. The molecular formula is C20H80BV3. The van der Waals surface area contributed by atoms with Gasteiger partial charge in [0.25, 0.3) is 0 Å². The van der Waals surface area contributed by atoms with E-state index in [2.05, 4.69) is 0 Å². The summed E-state index contributed by atoms with van der Waals surface area (Å²) in [5.74, 6) is 0. The van der Waals surface area contributed by atoms with Crippen LogP contribution in [0.2, 0.25) is 0 Å². The molecule has 0 unspecified atom stereocenters. The van der Waals surface area contributed by atoms with Crippen molar-refractivity contribution in [2.45, 2.75) is 149 Å². The molecule has 0 aromatic carbocycles. The van der Waals surface area contributed by atoms with E-state index in [-0.39, 0.29) is 213 Å². The summed E-state index contributed by atoms with van der Waals surface area (Å²) in [5, 5.41) is 0. The molecule has 6 radical (unpaired) electrons. The molecule has 0 aromatic heterocycles. The summed E-state index contributed by atoms with van der Waals surface area (Å²) >= 11 is 0. The van der Waals surface area contributed by atoms with Crippen LogP contribution in [-0.2, 0) is 55.7 Å². The second-order valence-electron chi connectivity index (χ2n) is 0. The second-order valence-corrected chi connectivity index (χ2v) is 0. The van der Waals surface area contributed by atoms with Gasteiger partial charge in [-0.2, -0.15) is 0 Å². The van der Waals surface area contributed by atoms with Crippen LogP contribution in [0.1, 0.15) is 149 Å². The summed E-state index contributed by atoms with van der Waals surface area (Å²) < 4.78 is 0. The Hall–Kier alpha value is 1.82. The zero-order valence-corrected chi connectivity index (χ0v) is 6.11. The fourth-order valence-corrected chi connectivity index (χ4v) is 0. The van der Waals surface area contributed by atoms with E-state index in [0.717, 1.165) is 0 Å². The Kier molecular flexibility index (Phi) is 854000. The molecule has 0 rings (SSSR count). The SMILES string of the molecule is C.C.C.C.C.C.C.C.C.C.C.C.C.C.C.C.C.C.C.C.[B].[V].[V].[V]. The minimum absolute atomic E-state index is 0. The van der Waals surface area contributed by atoms with E-state index in [1.54, 1.807) is 0 Å². The average molecular weight is 485 g/mol. The number of rotatable bonds is 0. The van der Waals surface area contributed by atoms with Gasteiger partial charge in [0.2, 0.25) is 0 Å². The Labute approximate surface area is 211 Å². The van der Waals surface area contributed by atoms with Crippen LogP contribution in [0.5, 0.6) is 0 Å². The van der Waals surface area contributed by atoms with E-state index in [1.807, 2.05) is 0 Å². The first-order chi connectivity index (χ1) is 0. The third kappa shape index (κ3) is 3750. The molecule has 0 saturated carbocycles. The number of hydrogen-bond acceptors (Lipinski definition) is 0. The molecule has 0 N–H and O–H groups in total. The maximum Gasteiger partial charge on any atom is 0 e. The van der Waals surface area contributed by atoms with Crippen molar-refractivity contribution in [3.8, 4) is 0 Å². The largest absolute Gasteiger partial charge is 0.0776 e. The van der Waals surface area contributed by atoms with Gasteiger partial charge >= 0.3 is 0 Å². The van der Waals surface area contributed by atoms with Crippen molar-refractivity contribution in [2.24, 2.45) is 0 Å². The monoisotopic (exact) mass is 484 g/mol. The maximum atomic E-state index is 0. The molecule has 0 atom stereocenters. The summed E-state index contributed by atoms with van der Waals surface area (Å²) in [4.78, 5) is 0. The average Bonchev–Trinajstić information content (AvgIpc) is 0. The molecule has 0 saturated heterocycles. The van der Waals surface area contributed by atoms with Crippen LogP contribution in [0.15, 0.2) is 0 Å². The van der Waals surface area contributed by atoms with E-state index < -0.39 is 0 Å². The summed E-state index contributed by atoms with van der Waals surface area (Å²) in [6.07, 6.45) is 0. The summed E-state index contributed by atoms with van der Waals surface area (Å²) in [6.45, 7) is 0. The van der Waals surface area contributed by atoms with Crippen LogP contribution in [0.3, 0.4) is 0 Å². The molecule has 4 heteroatoms. The summed E-state index contributed by atoms with van der Waals surface area (Å²) in [6, 6.07) is 0. The minimum atomic E-state index is 0. The van der Waals surface area contributed by atoms with Crippen LogP contribution in [0.25, 0.3) is 0 Å². The predicted octanol–water partition coefficient (Wildman–Crippen LogP) is 12.3. The quantitative estimate of drug-likeness (QED) is 0.300. The van der Waals surface area contributed by atoms with Gasteiger partial charge in [0.15, 0.2) is 0 Å². The van der Waals surface area contributed by atoms with Crippen LogP contribution in [0, 0.1) is 0 Å². The van der Waals surface area contributed by atoms with Crippen molar-refractivity contribution in [1.29, 1.82) is 0 Å². The second kappa shape index (κ2) is 4260. The molecule has 0 heterocycles. The molecule has 0 bridgehead atoms. The Bertz CT molecular complexity index is 18.8. The Balaban J connectivity index is 0. The van der Waals surface area contributed by atoms with Gasteiger partial charge in [-0.3, -0.25) is 0 Å². The first kappa shape index (κ1) is 4810. The van der Waals surface area contributed by atoms with Gasteiger partial charge in [-0.05, 0) is 0 Å². The van der Waals surface area contributed by atoms with Crippen molar-refractivity contribution in [3.63, 3.8) is 0 Å². The Morgan fingerprint density at radius 1 is 0.125 bits per heavy atom. The molecule has 0 aliphatic carbocycles. The minimum Gasteiger partial charge on any atom is -0.0776 e. The molecule has 0 nitrogen and oxygen atoms in total. The summed E-state index contributed by atoms with van der Waals surface area (Å²) in [7, 11) is 0. The molecule has 0 spiro atoms. The molecule has 0 amide bonds. The zero-order valence-electron chi connectivity index (χ0n) is 1.92. The maximum absolute atomic E-state index is 0. The molecular weight excluding hydrogens is 404 g/mol. The van der Waals surface area contributed by atoms with Crippen LogP contribution >= 0.6 is 0 Å². The first-order valence-corrected chi connectivity index (χ1v) is 0. The van der Waals surface area contributed by atoms with Gasteiger partial charge in [0.05, 0.1) is 0 Å². The van der Waals surface area contributed by atoms with Gasteiger partial charge in [-0.25, -0.2) is 0 Å². The van der Waals surface area contributed by atoms with E-state index in [1.165, 1.54) is 0 Å². The molecule has 24 heavy (non-hydrogen) atoms. The van der Waals surface area contributed by atoms with Crippen molar-refractivity contribution in [1.82, 2.24) is 0 Å². The van der Waals surface area contributed by atoms with Gasteiger partial charge in [-0.1, -0.05) is 149 Å². The van der Waals surface area contributed by atoms with Crippen molar-refractivity contribution in [2.75, 3.05) is 0 Å². The van der Waals surface area contributed by atoms with Crippen LogP contribution in [-0.4, -0.2) is 8.41 Å². The van der Waals surface area contributed by atoms with Crippen LogP contribution in [0.4, 0.5) is 0 Å². The number of hydrogen-bond donors (Lipinski definition) is 0. The van der Waals surface area contributed by atoms with Crippen molar-refractivity contribution >= 4 is 8.41 Å². The molecule has 0 aliphatic rings. The van der Waals surface area contributed by atoms with E-state index in [9.17, 15) is 0 Å². The molecule has 0 aromatic rings. The fourth-order valence-electron chi connectivity index (χ4n) is 0. The molecule has 178 valence electrons. The van der Waals surface area contributed by atoms with Crippen molar-refractivity contribution < 1.29 is 55.7 Å². The van der Waals surface area contributed by atoms with Gasteiger partial charge < -0.3 is 0 Å². The first-order valence-electron chi connectivity index (χ1n) is 0. The molecule has 0 fully saturated rings. The Morgan fingerprint density at radius 3 is 0.125 bits per heavy atom. The third-order valence-corrected chi connectivity index (χ3v) is 0. The zero-order chi connectivity index (χ0) is 0. The normalized spacial score (nSPS) is 0. The summed E-state index contributed by atoms with van der Waals surface area (Å²) in [5.41, 5.74) is 0. The van der Waals surface area contributed by atoms with E-state index in [0.29, 0.717) is 0 Å². The van der Waals surface area contributed by atoms with Gasteiger partial charge in [0, 0.05) is 64.1 Å². The van der Waals surface area contributed by atoms with Gasteiger partial charge in [0.1, 0.15) is 0 Å². The standard InChI is InChI=1S/20CH4.B.3V/h20*1H4;;;;. The molecule has 0 aliphatic heterocycles.